The summed E-state index contributed by atoms with van der Waals surface area (Å²) in [5, 5.41) is 0. The fourth-order valence-corrected chi connectivity index (χ4v) is 4.79. The molecule has 0 saturated heterocycles. The first-order valence-corrected chi connectivity index (χ1v) is 9.76. The van der Waals surface area contributed by atoms with Crippen LogP contribution in [0, 0.1) is 0 Å². The molecule has 1 atom stereocenters. The van der Waals surface area contributed by atoms with Crippen LogP contribution in [-0.2, 0) is 21.2 Å². The molecule has 0 unspecified atom stereocenters. The Hall–Kier alpha value is -1.40. The molecule has 0 saturated carbocycles. The minimum Gasteiger partial charge on any atom is -0.311 e. The van der Waals surface area contributed by atoms with Gasteiger partial charge in [-0.3, -0.25) is 4.79 Å². The van der Waals surface area contributed by atoms with E-state index in [0.29, 0.717) is 11.4 Å². The molecule has 126 valence electrons. The molecule has 23 heavy (non-hydrogen) atoms. The molecule has 2 heterocycles. The van der Waals surface area contributed by atoms with Crippen LogP contribution >= 0.6 is 0 Å². The zero-order valence-corrected chi connectivity index (χ0v) is 14.8. The van der Waals surface area contributed by atoms with Crippen LogP contribution in [0.5, 0.6) is 0 Å². The highest BCUT2D eigenvalue weighted by molar-refractivity contribution is 7.89. The molecule has 6 heteroatoms. The first-order chi connectivity index (χ1) is 10.9. The van der Waals surface area contributed by atoms with Gasteiger partial charge in [0.1, 0.15) is 0 Å². The van der Waals surface area contributed by atoms with Gasteiger partial charge in [0.05, 0.1) is 16.5 Å². The topological polar surface area (TPSA) is 57.7 Å². The Bertz CT molecular complexity index is 742. The van der Waals surface area contributed by atoms with E-state index >= 15 is 0 Å². The second-order valence-electron chi connectivity index (χ2n) is 6.52. The number of hydrogen-bond donors (Lipinski definition) is 0. The standard InChI is InChI=1S/C17H24N2O3S/c1-4-5-8-18(3)23(21,22)14-10-13-7-6-9-19-16(13)15(11-14)12(2)17(19)20/h10-12H,4-9H2,1-3H3/t12-/m0/s1. The highest BCUT2D eigenvalue weighted by Crippen LogP contribution is 2.44. The van der Waals surface area contributed by atoms with Gasteiger partial charge in [0.2, 0.25) is 15.9 Å². The molecule has 1 amide bonds. The molecule has 1 aromatic carbocycles. The number of carbonyl (C=O) groups is 1. The minimum atomic E-state index is -3.50. The predicted molar refractivity (Wildman–Crippen MR) is 90.3 cm³/mol. The fraction of sp³-hybridized carbons (Fsp3) is 0.588. The van der Waals surface area contributed by atoms with Gasteiger partial charge in [-0.2, -0.15) is 0 Å². The summed E-state index contributed by atoms with van der Waals surface area (Å²) in [6.45, 7) is 5.17. The first-order valence-electron chi connectivity index (χ1n) is 8.32. The van der Waals surface area contributed by atoms with Gasteiger partial charge in [0.25, 0.3) is 0 Å². The van der Waals surface area contributed by atoms with Crippen LogP contribution < -0.4 is 4.90 Å². The van der Waals surface area contributed by atoms with Crippen molar-refractivity contribution in [3.8, 4) is 0 Å². The Morgan fingerprint density at radius 3 is 2.78 bits per heavy atom. The van der Waals surface area contributed by atoms with E-state index in [0.717, 1.165) is 49.0 Å². The maximum Gasteiger partial charge on any atom is 0.242 e. The number of benzene rings is 1. The van der Waals surface area contributed by atoms with E-state index in [4.69, 9.17) is 0 Å². The summed E-state index contributed by atoms with van der Waals surface area (Å²) in [6, 6.07) is 3.48. The third-order valence-electron chi connectivity index (χ3n) is 4.93. The lowest BCUT2D eigenvalue weighted by molar-refractivity contribution is -0.119. The van der Waals surface area contributed by atoms with Crippen molar-refractivity contribution in [1.29, 1.82) is 0 Å². The average Bonchev–Trinajstić information content (AvgIpc) is 2.79. The molecular weight excluding hydrogens is 312 g/mol. The molecule has 0 aromatic heterocycles. The summed E-state index contributed by atoms with van der Waals surface area (Å²) in [4.78, 5) is 14.5. The molecule has 3 rings (SSSR count). The van der Waals surface area contributed by atoms with Gasteiger partial charge < -0.3 is 4.90 Å². The maximum atomic E-state index is 12.8. The van der Waals surface area contributed by atoms with Gasteiger partial charge in [-0.05, 0) is 49.4 Å². The lowest BCUT2D eigenvalue weighted by Crippen LogP contribution is -2.32. The minimum absolute atomic E-state index is 0.0924. The van der Waals surface area contributed by atoms with Crippen LogP contribution in [0.3, 0.4) is 0 Å². The van der Waals surface area contributed by atoms with Gasteiger partial charge in [0, 0.05) is 20.1 Å². The van der Waals surface area contributed by atoms with E-state index in [-0.39, 0.29) is 11.8 Å². The third kappa shape index (κ3) is 2.58. The molecule has 0 spiro atoms. The van der Waals surface area contributed by atoms with Gasteiger partial charge in [-0.25, -0.2) is 12.7 Å². The van der Waals surface area contributed by atoms with Crippen molar-refractivity contribution in [2.24, 2.45) is 0 Å². The average molecular weight is 336 g/mol. The predicted octanol–water partition coefficient (Wildman–Crippen LogP) is 2.50. The van der Waals surface area contributed by atoms with E-state index in [1.54, 1.807) is 19.2 Å². The zero-order chi connectivity index (χ0) is 16.8. The number of rotatable bonds is 5. The summed E-state index contributed by atoms with van der Waals surface area (Å²) < 4.78 is 27.1. The molecular formula is C17H24N2O3S. The van der Waals surface area contributed by atoms with E-state index in [1.807, 2.05) is 18.7 Å². The third-order valence-corrected chi connectivity index (χ3v) is 6.76. The molecule has 0 fully saturated rings. The molecule has 5 nitrogen and oxygen atoms in total. The van der Waals surface area contributed by atoms with Gasteiger partial charge in [-0.15, -0.1) is 0 Å². The summed E-state index contributed by atoms with van der Waals surface area (Å²) in [6.07, 6.45) is 3.52. The van der Waals surface area contributed by atoms with Crippen LogP contribution in [0.1, 0.15) is 50.2 Å². The molecule has 0 radical (unpaired) electrons. The number of amides is 1. The molecule has 2 aliphatic rings. The Morgan fingerprint density at radius 2 is 2.09 bits per heavy atom. The van der Waals surface area contributed by atoms with Crippen molar-refractivity contribution in [3.63, 3.8) is 0 Å². The number of hydrogen-bond acceptors (Lipinski definition) is 3. The molecule has 0 N–H and O–H groups in total. The number of sulfonamides is 1. The Morgan fingerprint density at radius 1 is 1.35 bits per heavy atom. The van der Waals surface area contributed by atoms with E-state index in [1.165, 1.54) is 4.31 Å². The highest BCUT2D eigenvalue weighted by Gasteiger charge is 2.39. The lowest BCUT2D eigenvalue weighted by Gasteiger charge is -2.26. The Labute approximate surface area is 138 Å². The quantitative estimate of drug-likeness (QED) is 0.830. The molecule has 1 aromatic rings. The normalized spacial score (nSPS) is 20.3. The number of nitrogens with zero attached hydrogens (tertiary/aromatic N) is 2. The number of anilines is 1. The zero-order valence-electron chi connectivity index (χ0n) is 14.0. The summed E-state index contributed by atoms with van der Waals surface area (Å²) in [5.41, 5.74) is 2.83. The van der Waals surface area contributed by atoms with Crippen LogP contribution in [0.25, 0.3) is 0 Å². The number of aryl methyl sites for hydroxylation is 1. The van der Waals surface area contributed by atoms with Crippen molar-refractivity contribution < 1.29 is 13.2 Å². The van der Waals surface area contributed by atoms with Crippen LogP contribution in [-0.4, -0.2) is 38.8 Å². The maximum absolute atomic E-state index is 12.8. The van der Waals surface area contributed by atoms with Crippen molar-refractivity contribution in [2.75, 3.05) is 25.0 Å². The van der Waals surface area contributed by atoms with Crippen molar-refractivity contribution in [1.82, 2.24) is 4.31 Å². The van der Waals surface area contributed by atoms with Gasteiger partial charge >= 0.3 is 0 Å². The van der Waals surface area contributed by atoms with E-state index in [9.17, 15) is 13.2 Å². The number of carbonyl (C=O) groups excluding carboxylic acids is 1. The summed E-state index contributed by atoms with van der Waals surface area (Å²) in [5.74, 6) is -0.159. The number of unbranched alkanes of at least 4 members (excludes halogenated alkanes) is 1. The van der Waals surface area contributed by atoms with Crippen molar-refractivity contribution in [2.45, 2.75) is 50.3 Å². The highest BCUT2D eigenvalue weighted by atomic mass is 32.2. The monoisotopic (exact) mass is 336 g/mol. The van der Waals surface area contributed by atoms with Crippen LogP contribution in [0.2, 0.25) is 0 Å². The lowest BCUT2D eigenvalue weighted by atomic mass is 9.97. The van der Waals surface area contributed by atoms with Gasteiger partial charge in [-0.1, -0.05) is 13.3 Å². The second-order valence-corrected chi connectivity index (χ2v) is 8.56. The molecule has 0 bridgehead atoms. The smallest absolute Gasteiger partial charge is 0.242 e. The molecule has 2 aliphatic heterocycles. The van der Waals surface area contributed by atoms with E-state index in [2.05, 4.69) is 0 Å². The summed E-state index contributed by atoms with van der Waals surface area (Å²) >= 11 is 0. The Kier molecular flexibility index (Phi) is 4.23. The SMILES string of the molecule is CCCCN(C)S(=O)(=O)c1cc2c3c(c1)[C@H](C)C(=O)N3CCC2. The van der Waals surface area contributed by atoms with Crippen LogP contribution in [0.4, 0.5) is 5.69 Å². The fourth-order valence-electron chi connectivity index (χ4n) is 3.50. The van der Waals surface area contributed by atoms with Crippen LogP contribution in [0.15, 0.2) is 17.0 Å². The largest absolute Gasteiger partial charge is 0.311 e. The van der Waals surface area contributed by atoms with Gasteiger partial charge in [0.15, 0.2) is 0 Å². The van der Waals surface area contributed by atoms with Crippen molar-refractivity contribution in [3.05, 3.63) is 23.3 Å². The molecule has 0 aliphatic carbocycles. The Balaban J connectivity index is 2.05. The van der Waals surface area contributed by atoms with E-state index < -0.39 is 10.0 Å². The first kappa shape index (κ1) is 16.5. The van der Waals surface area contributed by atoms with Crippen molar-refractivity contribution >= 4 is 21.6 Å². The summed E-state index contributed by atoms with van der Waals surface area (Å²) in [7, 11) is -1.87. The second kappa shape index (κ2) is 5.91.